The van der Waals surface area contributed by atoms with Crippen LogP contribution in [0.3, 0.4) is 0 Å². The van der Waals surface area contributed by atoms with E-state index >= 15 is 0 Å². The summed E-state index contributed by atoms with van der Waals surface area (Å²) in [5.74, 6) is -2.47. The molecule has 0 bridgehead atoms. The summed E-state index contributed by atoms with van der Waals surface area (Å²) in [5, 5.41) is 38.4. The molecule has 4 N–H and O–H groups in total. The van der Waals surface area contributed by atoms with E-state index in [4.69, 9.17) is 14.6 Å². The van der Waals surface area contributed by atoms with Crippen LogP contribution in [0.2, 0.25) is 0 Å². The molecule has 8 heteroatoms. The Kier molecular flexibility index (Phi) is 6.94. The summed E-state index contributed by atoms with van der Waals surface area (Å²) in [6.45, 7) is 5.83. The SMILES string of the molecule is CC(C)Cc1ccc(C(C)C(=O)O[C@H]2OC(C(=O)O)[C@H](O)[C@@H](O)[C@H]2O)cc1. The van der Waals surface area contributed by atoms with Crippen LogP contribution in [0.4, 0.5) is 0 Å². The lowest BCUT2D eigenvalue weighted by Gasteiger charge is -2.38. The largest absolute Gasteiger partial charge is 0.479 e. The smallest absolute Gasteiger partial charge is 0.335 e. The fourth-order valence-corrected chi connectivity index (χ4v) is 2.92. The van der Waals surface area contributed by atoms with Gasteiger partial charge in [0.1, 0.15) is 18.3 Å². The van der Waals surface area contributed by atoms with Crippen molar-refractivity contribution in [1.82, 2.24) is 0 Å². The summed E-state index contributed by atoms with van der Waals surface area (Å²) in [7, 11) is 0. The molecule has 1 aromatic rings. The van der Waals surface area contributed by atoms with Crippen molar-refractivity contribution in [2.75, 3.05) is 0 Å². The number of ether oxygens (including phenoxy) is 2. The summed E-state index contributed by atoms with van der Waals surface area (Å²) in [6.07, 6.45) is -8.01. The monoisotopic (exact) mass is 382 g/mol. The molecule has 1 heterocycles. The average Bonchev–Trinajstić information content (AvgIpc) is 2.61. The van der Waals surface area contributed by atoms with Crippen molar-refractivity contribution in [2.24, 2.45) is 5.92 Å². The molecule has 0 aliphatic carbocycles. The van der Waals surface area contributed by atoms with Gasteiger partial charge >= 0.3 is 11.9 Å². The maximum Gasteiger partial charge on any atom is 0.335 e. The van der Waals surface area contributed by atoms with Crippen LogP contribution >= 0.6 is 0 Å². The molecule has 0 amide bonds. The minimum absolute atomic E-state index is 0.507. The average molecular weight is 382 g/mol. The molecule has 27 heavy (non-hydrogen) atoms. The van der Waals surface area contributed by atoms with Crippen LogP contribution in [-0.4, -0.2) is 63.1 Å². The molecular weight excluding hydrogens is 356 g/mol. The molecule has 0 spiro atoms. The topological polar surface area (TPSA) is 134 Å². The van der Waals surface area contributed by atoms with E-state index in [0.717, 1.165) is 12.0 Å². The van der Waals surface area contributed by atoms with Crippen molar-refractivity contribution in [3.05, 3.63) is 35.4 Å². The van der Waals surface area contributed by atoms with Gasteiger partial charge in [-0.3, -0.25) is 4.79 Å². The summed E-state index contributed by atoms with van der Waals surface area (Å²) in [5.41, 5.74) is 1.83. The molecule has 0 saturated carbocycles. The Hall–Kier alpha value is -2.00. The zero-order valence-corrected chi connectivity index (χ0v) is 15.5. The summed E-state index contributed by atoms with van der Waals surface area (Å²) in [6, 6.07) is 7.46. The number of carbonyl (C=O) groups is 2. The number of aliphatic carboxylic acids is 1. The van der Waals surface area contributed by atoms with Gasteiger partial charge in [-0.05, 0) is 30.4 Å². The number of esters is 1. The molecule has 1 aliphatic rings. The van der Waals surface area contributed by atoms with E-state index in [9.17, 15) is 24.9 Å². The maximum absolute atomic E-state index is 12.4. The van der Waals surface area contributed by atoms with Crippen molar-refractivity contribution < 1.29 is 39.5 Å². The second kappa shape index (κ2) is 8.79. The second-order valence-electron chi connectivity index (χ2n) is 7.23. The Balaban J connectivity index is 2.05. The summed E-state index contributed by atoms with van der Waals surface area (Å²) in [4.78, 5) is 23.5. The lowest BCUT2D eigenvalue weighted by atomic mass is 9.96. The number of hydrogen-bond acceptors (Lipinski definition) is 7. The zero-order valence-electron chi connectivity index (χ0n) is 15.5. The van der Waals surface area contributed by atoms with Gasteiger partial charge in [-0.1, -0.05) is 38.1 Å². The number of aliphatic hydroxyl groups excluding tert-OH is 3. The minimum atomic E-state index is -1.83. The highest BCUT2D eigenvalue weighted by molar-refractivity contribution is 5.78. The highest BCUT2D eigenvalue weighted by atomic mass is 16.7. The second-order valence-corrected chi connectivity index (χ2v) is 7.23. The molecule has 1 aliphatic heterocycles. The molecule has 0 radical (unpaired) electrons. The predicted octanol–water partition coefficient (Wildman–Crippen LogP) is 0.424. The number of rotatable bonds is 6. The van der Waals surface area contributed by atoms with Gasteiger partial charge < -0.3 is 29.9 Å². The third-order valence-electron chi connectivity index (χ3n) is 4.52. The molecule has 8 nitrogen and oxygen atoms in total. The van der Waals surface area contributed by atoms with E-state index in [1.165, 1.54) is 0 Å². The van der Waals surface area contributed by atoms with Crippen LogP contribution in [0.15, 0.2) is 24.3 Å². The molecule has 2 unspecified atom stereocenters. The van der Waals surface area contributed by atoms with Crippen LogP contribution < -0.4 is 0 Å². The Labute approximate surface area is 157 Å². The lowest BCUT2D eigenvalue weighted by molar-refractivity contribution is -0.286. The lowest BCUT2D eigenvalue weighted by Crippen LogP contribution is -2.60. The van der Waals surface area contributed by atoms with Crippen molar-refractivity contribution in [1.29, 1.82) is 0 Å². The normalized spacial score (nSPS) is 29.4. The zero-order chi connectivity index (χ0) is 20.3. The first-order chi connectivity index (χ1) is 12.6. The first-order valence-electron chi connectivity index (χ1n) is 8.83. The molecule has 150 valence electrons. The summed E-state index contributed by atoms with van der Waals surface area (Å²) < 4.78 is 10.0. The van der Waals surface area contributed by atoms with Gasteiger partial charge in [0, 0.05) is 0 Å². The van der Waals surface area contributed by atoms with Gasteiger partial charge in [-0.25, -0.2) is 4.79 Å². The fourth-order valence-electron chi connectivity index (χ4n) is 2.92. The van der Waals surface area contributed by atoms with Crippen LogP contribution in [0.5, 0.6) is 0 Å². The van der Waals surface area contributed by atoms with Crippen molar-refractivity contribution in [3.63, 3.8) is 0 Å². The quantitative estimate of drug-likeness (QED) is 0.520. The van der Waals surface area contributed by atoms with Gasteiger partial charge in [-0.15, -0.1) is 0 Å². The first-order valence-corrected chi connectivity index (χ1v) is 8.83. The van der Waals surface area contributed by atoms with Gasteiger partial charge in [-0.2, -0.15) is 0 Å². The number of carboxylic acid groups (broad SMARTS) is 1. The predicted molar refractivity (Wildman–Crippen MR) is 93.8 cm³/mol. The Morgan fingerprint density at radius 2 is 1.63 bits per heavy atom. The Bertz CT molecular complexity index is 656. The van der Waals surface area contributed by atoms with Gasteiger partial charge in [0.15, 0.2) is 6.10 Å². The van der Waals surface area contributed by atoms with Crippen molar-refractivity contribution >= 4 is 11.9 Å². The van der Waals surface area contributed by atoms with Crippen LogP contribution in [-0.2, 0) is 25.5 Å². The number of hydrogen-bond donors (Lipinski definition) is 4. The highest BCUT2D eigenvalue weighted by Crippen LogP contribution is 2.25. The molecule has 1 saturated heterocycles. The number of carboxylic acids is 1. The van der Waals surface area contributed by atoms with Crippen LogP contribution in [0.25, 0.3) is 0 Å². The van der Waals surface area contributed by atoms with E-state index in [1.54, 1.807) is 19.1 Å². The number of aliphatic hydroxyl groups is 3. The standard InChI is InChI=1S/C19H26O8/c1-9(2)8-11-4-6-12(7-5-11)10(3)18(25)27-19-15(22)13(20)14(21)16(26-19)17(23)24/h4-7,9-10,13-16,19-22H,8H2,1-3H3,(H,23,24)/t10?,13-,14-,15-,16?,19-/m1/s1. The number of benzene rings is 1. The van der Waals surface area contributed by atoms with Gasteiger partial charge in [0.2, 0.25) is 6.29 Å². The van der Waals surface area contributed by atoms with Gasteiger partial charge in [0.25, 0.3) is 0 Å². The third kappa shape index (κ3) is 5.04. The van der Waals surface area contributed by atoms with Gasteiger partial charge in [0.05, 0.1) is 5.92 Å². The van der Waals surface area contributed by atoms with E-state index in [-0.39, 0.29) is 0 Å². The van der Waals surface area contributed by atoms with E-state index in [0.29, 0.717) is 11.5 Å². The van der Waals surface area contributed by atoms with E-state index in [1.807, 2.05) is 12.1 Å². The Morgan fingerprint density at radius 3 is 2.15 bits per heavy atom. The van der Waals surface area contributed by atoms with Crippen LogP contribution in [0.1, 0.15) is 37.8 Å². The minimum Gasteiger partial charge on any atom is -0.479 e. The van der Waals surface area contributed by atoms with Crippen molar-refractivity contribution in [2.45, 2.75) is 63.8 Å². The molecule has 1 aromatic carbocycles. The fraction of sp³-hybridized carbons (Fsp3) is 0.579. The number of carbonyl (C=O) groups excluding carboxylic acids is 1. The third-order valence-corrected chi connectivity index (χ3v) is 4.52. The van der Waals surface area contributed by atoms with Crippen LogP contribution in [0, 0.1) is 5.92 Å². The molecule has 2 rings (SSSR count). The molecule has 6 atom stereocenters. The summed E-state index contributed by atoms with van der Waals surface area (Å²) >= 11 is 0. The Morgan fingerprint density at radius 1 is 1.04 bits per heavy atom. The van der Waals surface area contributed by atoms with E-state index in [2.05, 4.69) is 13.8 Å². The molecule has 0 aromatic heterocycles. The molecular formula is C19H26O8. The maximum atomic E-state index is 12.4. The van der Waals surface area contributed by atoms with E-state index < -0.39 is 48.6 Å². The molecule has 1 fully saturated rings. The highest BCUT2D eigenvalue weighted by Gasteiger charge is 2.48. The first kappa shape index (κ1) is 21.3. The van der Waals surface area contributed by atoms with Crippen molar-refractivity contribution in [3.8, 4) is 0 Å².